The molecule has 0 N–H and O–H groups in total. The molecular weight excluding hydrogens is 281 g/mol. The Balaban J connectivity index is 0.000000282. The van der Waals surface area contributed by atoms with Crippen LogP contribution in [-0.2, 0) is 0 Å². The van der Waals surface area contributed by atoms with Gasteiger partial charge in [0.15, 0.2) is 0 Å². The first-order chi connectivity index (χ1) is 9.79. The molecule has 110 valence electrons. The first kappa shape index (κ1) is 15.3. The van der Waals surface area contributed by atoms with E-state index in [1.54, 1.807) is 0 Å². The molecule has 2 aromatic carbocycles. The van der Waals surface area contributed by atoms with Gasteiger partial charge in [-0.1, -0.05) is 36.4 Å². The Kier molecular flexibility index (Phi) is 4.16. The molecule has 6 heteroatoms. The van der Waals surface area contributed by atoms with Gasteiger partial charge in [-0.2, -0.15) is 0 Å². The van der Waals surface area contributed by atoms with Crippen LogP contribution in [0, 0.1) is 0 Å². The van der Waals surface area contributed by atoms with E-state index < -0.39 is 7.25 Å². The van der Waals surface area contributed by atoms with Gasteiger partial charge in [0.25, 0.3) is 0 Å². The molecule has 0 spiro atoms. The maximum absolute atomic E-state index is 9.75. The van der Waals surface area contributed by atoms with Crippen molar-refractivity contribution in [3.05, 3.63) is 59.7 Å². The van der Waals surface area contributed by atoms with Crippen LogP contribution in [0.1, 0.15) is 11.1 Å². The van der Waals surface area contributed by atoms with Crippen LogP contribution < -0.4 is 0 Å². The molecule has 0 fully saturated rings. The zero-order chi connectivity index (χ0) is 15.6. The maximum atomic E-state index is 9.75. The smallest absolute Gasteiger partial charge is 0.418 e. The highest BCUT2D eigenvalue weighted by Crippen LogP contribution is 2.36. The summed E-state index contributed by atoms with van der Waals surface area (Å²) < 4.78 is 41.2. The van der Waals surface area contributed by atoms with Gasteiger partial charge in [0.05, 0.1) is 11.1 Å². The largest absolute Gasteiger partial charge is 0.673 e. The topological polar surface area (TPSA) is 3.01 Å². The SMILES string of the molecule is C[N+](C)=C1c2ccccc2-c2ccccc21.F[B-](F)(F)F. The van der Waals surface area contributed by atoms with E-state index in [2.05, 4.69) is 67.2 Å². The Labute approximate surface area is 120 Å². The molecule has 0 unspecified atom stereocenters. The predicted octanol–water partition coefficient (Wildman–Crippen LogP) is 4.08. The highest BCUT2D eigenvalue weighted by Gasteiger charge is 2.28. The van der Waals surface area contributed by atoms with Gasteiger partial charge in [-0.25, -0.2) is 4.58 Å². The van der Waals surface area contributed by atoms with Gasteiger partial charge in [0.2, 0.25) is 5.71 Å². The molecule has 0 saturated carbocycles. The summed E-state index contributed by atoms with van der Waals surface area (Å²) in [4.78, 5) is 0. The normalized spacial score (nSPS) is 12.2. The Morgan fingerprint density at radius 3 is 1.24 bits per heavy atom. The summed E-state index contributed by atoms with van der Waals surface area (Å²) in [7, 11) is -1.79. The highest BCUT2D eigenvalue weighted by molar-refractivity contribution is 6.50. The number of hydrogen-bond acceptors (Lipinski definition) is 0. The van der Waals surface area contributed by atoms with Gasteiger partial charge in [-0.3, -0.25) is 0 Å². The zero-order valence-corrected chi connectivity index (χ0v) is 11.7. The van der Waals surface area contributed by atoms with Gasteiger partial charge in [-0.05, 0) is 23.3 Å². The predicted molar refractivity (Wildman–Crippen MR) is 77.4 cm³/mol. The van der Waals surface area contributed by atoms with Crippen molar-refractivity contribution in [2.45, 2.75) is 0 Å². The number of nitrogens with zero attached hydrogens (tertiary/aromatic N) is 1. The standard InChI is InChI=1S/C15H14N.BF4/c1-16(2)15-13-9-5-3-7-11(13)12-8-4-6-10-14(12)15;2-1(3,4)5/h3-10H,1-2H3;/q+1;-1. The van der Waals surface area contributed by atoms with Gasteiger partial charge in [0.1, 0.15) is 14.1 Å². The van der Waals surface area contributed by atoms with Gasteiger partial charge in [-0.15, -0.1) is 0 Å². The summed E-state index contributed by atoms with van der Waals surface area (Å²) in [5.74, 6) is 0. The van der Waals surface area contributed by atoms with Crippen LogP contribution in [0.4, 0.5) is 17.3 Å². The Morgan fingerprint density at radius 1 is 0.667 bits per heavy atom. The molecule has 0 radical (unpaired) electrons. The maximum Gasteiger partial charge on any atom is 0.673 e. The van der Waals surface area contributed by atoms with Crippen LogP contribution in [0.3, 0.4) is 0 Å². The van der Waals surface area contributed by atoms with Crippen molar-refractivity contribution in [3.8, 4) is 11.1 Å². The summed E-state index contributed by atoms with van der Waals surface area (Å²) in [5, 5.41) is 0. The number of hydrogen-bond donors (Lipinski definition) is 0. The average molecular weight is 295 g/mol. The van der Waals surface area contributed by atoms with Crippen LogP contribution in [-0.4, -0.2) is 31.6 Å². The Morgan fingerprint density at radius 2 is 0.952 bits per heavy atom. The lowest BCUT2D eigenvalue weighted by Gasteiger charge is -1.98. The summed E-state index contributed by atoms with van der Waals surface area (Å²) >= 11 is 0. The Bertz CT molecular complexity index is 635. The molecule has 0 aliphatic heterocycles. The van der Waals surface area contributed by atoms with E-state index in [4.69, 9.17) is 0 Å². The summed E-state index contributed by atoms with van der Waals surface area (Å²) in [6.07, 6.45) is 0. The summed E-state index contributed by atoms with van der Waals surface area (Å²) in [6.45, 7) is 0. The van der Waals surface area contributed by atoms with Crippen LogP contribution in [0.25, 0.3) is 11.1 Å². The molecule has 0 bridgehead atoms. The zero-order valence-electron chi connectivity index (χ0n) is 11.7. The average Bonchev–Trinajstić information content (AvgIpc) is 2.71. The second-order valence-electron chi connectivity index (χ2n) is 4.83. The van der Waals surface area contributed by atoms with Crippen LogP contribution in [0.2, 0.25) is 0 Å². The van der Waals surface area contributed by atoms with Crippen LogP contribution in [0.5, 0.6) is 0 Å². The lowest BCUT2D eigenvalue weighted by atomic mass is 10.1. The van der Waals surface area contributed by atoms with E-state index in [0.29, 0.717) is 0 Å². The third kappa shape index (κ3) is 3.51. The third-order valence-electron chi connectivity index (χ3n) is 3.10. The van der Waals surface area contributed by atoms with E-state index in [1.165, 1.54) is 28.0 Å². The summed E-state index contributed by atoms with van der Waals surface area (Å²) in [6, 6.07) is 17.2. The quantitative estimate of drug-likeness (QED) is 0.334. The molecule has 0 aromatic heterocycles. The number of halogens is 4. The third-order valence-corrected chi connectivity index (χ3v) is 3.10. The lowest BCUT2D eigenvalue weighted by Crippen LogP contribution is -2.13. The van der Waals surface area contributed by atoms with Crippen molar-refractivity contribution < 1.29 is 21.8 Å². The van der Waals surface area contributed by atoms with Crippen LogP contribution in [0.15, 0.2) is 48.5 Å². The van der Waals surface area contributed by atoms with E-state index in [0.717, 1.165) is 0 Å². The van der Waals surface area contributed by atoms with Crippen molar-refractivity contribution in [2.24, 2.45) is 0 Å². The molecule has 1 aliphatic rings. The minimum atomic E-state index is -6.00. The molecule has 0 amide bonds. The fourth-order valence-corrected chi connectivity index (χ4v) is 2.48. The lowest BCUT2D eigenvalue weighted by molar-refractivity contribution is -0.463. The van der Waals surface area contributed by atoms with Crippen molar-refractivity contribution in [1.29, 1.82) is 0 Å². The molecular formula is C15H14BF4N. The minimum Gasteiger partial charge on any atom is -0.418 e. The Hall–Kier alpha value is -2.11. The molecule has 0 atom stereocenters. The molecule has 21 heavy (non-hydrogen) atoms. The number of fused-ring (bicyclic) bond motifs is 3. The van der Waals surface area contributed by atoms with E-state index in [9.17, 15) is 17.3 Å². The van der Waals surface area contributed by atoms with Crippen molar-refractivity contribution in [2.75, 3.05) is 14.1 Å². The molecule has 0 saturated heterocycles. The second kappa shape index (κ2) is 5.72. The van der Waals surface area contributed by atoms with Gasteiger partial charge >= 0.3 is 7.25 Å². The molecule has 2 aromatic rings. The van der Waals surface area contributed by atoms with Gasteiger partial charge < -0.3 is 17.3 Å². The van der Waals surface area contributed by atoms with Crippen molar-refractivity contribution in [3.63, 3.8) is 0 Å². The summed E-state index contributed by atoms with van der Waals surface area (Å²) in [5.41, 5.74) is 6.71. The van der Waals surface area contributed by atoms with Crippen molar-refractivity contribution >= 4 is 13.0 Å². The van der Waals surface area contributed by atoms with E-state index in [1.807, 2.05) is 0 Å². The number of rotatable bonds is 0. The number of benzene rings is 2. The highest BCUT2D eigenvalue weighted by atomic mass is 19.5. The van der Waals surface area contributed by atoms with Crippen LogP contribution >= 0.6 is 0 Å². The van der Waals surface area contributed by atoms with Crippen molar-refractivity contribution in [1.82, 2.24) is 0 Å². The molecule has 0 heterocycles. The molecule has 3 rings (SSSR count). The second-order valence-corrected chi connectivity index (χ2v) is 4.83. The first-order valence-electron chi connectivity index (χ1n) is 6.40. The minimum absolute atomic E-state index is 1.33. The molecule has 1 nitrogen and oxygen atoms in total. The van der Waals surface area contributed by atoms with E-state index >= 15 is 0 Å². The van der Waals surface area contributed by atoms with Gasteiger partial charge in [0, 0.05) is 0 Å². The monoisotopic (exact) mass is 295 g/mol. The fourth-order valence-electron chi connectivity index (χ4n) is 2.48. The molecule has 1 aliphatic carbocycles. The van der Waals surface area contributed by atoms with E-state index in [-0.39, 0.29) is 0 Å². The fraction of sp³-hybridized carbons (Fsp3) is 0.133. The first-order valence-corrected chi connectivity index (χ1v) is 6.40.